The van der Waals surface area contributed by atoms with E-state index < -0.39 is 11.6 Å². The average Bonchev–Trinajstić information content (AvgIpc) is 3.40. The van der Waals surface area contributed by atoms with Crippen LogP contribution in [0.1, 0.15) is 0 Å². The minimum Gasteiger partial charge on any atom is -0.333 e. The van der Waals surface area contributed by atoms with Gasteiger partial charge in [0.2, 0.25) is 11.7 Å². The number of nitrogens with one attached hydrogen (secondary N) is 1. The van der Waals surface area contributed by atoms with E-state index in [0.29, 0.717) is 27.7 Å². The third-order valence-corrected chi connectivity index (χ3v) is 4.93. The fraction of sp³-hybridized carbons (Fsp3) is 0.0455. The number of amides is 1. The number of rotatable bonds is 5. The molecule has 9 nitrogen and oxygen atoms in total. The average molecular weight is 447 g/mol. The molecule has 3 aromatic heterocycles. The van der Waals surface area contributed by atoms with Crippen molar-refractivity contribution in [3.05, 3.63) is 88.4 Å². The van der Waals surface area contributed by atoms with E-state index in [-0.39, 0.29) is 12.4 Å². The van der Waals surface area contributed by atoms with Crippen LogP contribution in [0.15, 0.2) is 82.2 Å². The van der Waals surface area contributed by atoms with Gasteiger partial charge in [-0.1, -0.05) is 53.2 Å². The molecule has 0 radical (unpaired) electrons. The summed E-state index contributed by atoms with van der Waals surface area (Å²) in [6.07, 6.45) is 1.56. The Morgan fingerprint density at radius 3 is 2.72 bits per heavy atom. The van der Waals surface area contributed by atoms with Crippen molar-refractivity contribution in [2.45, 2.75) is 6.54 Å². The molecule has 0 spiro atoms. The van der Waals surface area contributed by atoms with E-state index in [4.69, 9.17) is 16.1 Å². The van der Waals surface area contributed by atoms with Gasteiger partial charge in [0.25, 0.3) is 5.89 Å². The molecular weight excluding hydrogens is 432 g/mol. The van der Waals surface area contributed by atoms with Crippen molar-refractivity contribution in [3.8, 4) is 22.8 Å². The summed E-state index contributed by atoms with van der Waals surface area (Å²) in [6.45, 7) is -0.272. The second-order valence-electron chi connectivity index (χ2n) is 6.90. The van der Waals surface area contributed by atoms with Crippen molar-refractivity contribution in [1.29, 1.82) is 0 Å². The van der Waals surface area contributed by atoms with Crippen LogP contribution in [-0.4, -0.2) is 30.2 Å². The summed E-state index contributed by atoms with van der Waals surface area (Å²) >= 11 is 5.94. The monoisotopic (exact) mass is 446 g/mol. The lowest BCUT2D eigenvalue weighted by molar-refractivity contribution is -0.117. The highest BCUT2D eigenvalue weighted by Crippen LogP contribution is 2.24. The number of aromatic nitrogens is 5. The number of hydrogen-bond acceptors (Lipinski definition) is 6. The first-order valence-corrected chi connectivity index (χ1v) is 9.99. The van der Waals surface area contributed by atoms with Crippen LogP contribution in [-0.2, 0) is 11.3 Å². The van der Waals surface area contributed by atoms with E-state index in [9.17, 15) is 9.59 Å². The van der Waals surface area contributed by atoms with Gasteiger partial charge in [-0.25, -0.2) is 13.9 Å². The van der Waals surface area contributed by atoms with Gasteiger partial charge in [0.1, 0.15) is 6.54 Å². The predicted octanol–water partition coefficient (Wildman–Crippen LogP) is 3.51. The Hall–Kier alpha value is -4.24. The van der Waals surface area contributed by atoms with Crippen molar-refractivity contribution in [2.24, 2.45) is 0 Å². The van der Waals surface area contributed by atoms with E-state index in [2.05, 4.69) is 20.6 Å². The fourth-order valence-corrected chi connectivity index (χ4v) is 3.44. The van der Waals surface area contributed by atoms with Gasteiger partial charge >= 0.3 is 5.69 Å². The zero-order valence-electron chi connectivity index (χ0n) is 16.5. The highest BCUT2D eigenvalue weighted by Gasteiger charge is 2.18. The molecule has 2 aromatic carbocycles. The smallest absolute Gasteiger partial charge is 0.333 e. The number of benzene rings is 2. The number of carbonyl (C=O) groups excluding carboxylic acids is 1. The van der Waals surface area contributed by atoms with Gasteiger partial charge in [-0.2, -0.15) is 4.98 Å². The highest BCUT2D eigenvalue weighted by atomic mass is 35.5. The van der Waals surface area contributed by atoms with Gasteiger partial charge in [-0.05, 0) is 30.3 Å². The van der Waals surface area contributed by atoms with Crippen LogP contribution in [0.25, 0.3) is 28.5 Å². The summed E-state index contributed by atoms with van der Waals surface area (Å²) in [5.74, 6) is 0.226. The summed E-state index contributed by atoms with van der Waals surface area (Å²) in [7, 11) is 0. The SMILES string of the molecule is O=C(Cn1nc2c(-c3nc(-c4ccccc4)no3)cccn2c1=O)Nc1cccc(Cl)c1. The van der Waals surface area contributed by atoms with Crippen LogP contribution in [0.3, 0.4) is 0 Å². The third kappa shape index (κ3) is 3.77. The largest absolute Gasteiger partial charge is 0.350 e. The molecule has 0 aliphatic rings. The number of anilines is 1. The van der Waals surface area contributed by atoms with Crippen LogP contribution < -0.4 is 11.0 Å². The Labute approximate surface area is 185 Å². The van der Waals surface area contributed by atoms with Crippen LogP contribution in [0.4, 0.5) is 5.69 Å². The first kappa shape index (κ1) is 19.7. The van der Waals surface area contributed by atoms with Gasteiger partial charge in [0.05, 0.1) is 5.56 Å². The van der Waals surface area contributed by atoms with Gasteiger partial charge in [-0.3, -0.25) is 4.79 Å². The Morgan fingerprint density at radius 1 is 1.06 bits per heavy atom. The lowest BCUT2D eigenvalue weighted by Gasteiger charge is -2.04. The van der Waals surface area contributed by atoms with E-state index in [1.165, 1.54) is 4.40 Å². The van der Waals surface area contributed by atoms with Crippen molar-refractivity contribution in [1.82, 2.24) is 24.3 Å². The van der Waals surface area contributed by atoms with Crippen molar-refractivity contribution in [2.75, 3.05) is 5.32 Å². The maximum Gasteiger partial charge on any atom is 0.350 e. The number of nitrogens with zero attached hydrogens (tertiary/aromatic N) is 5. The predicted molar refractivity (Wildman–Crippen MR) is 118 cm³/mol. The number of halogens is 1. The molecule has 0 saturated carbocycles. The molecule has 10 heteroatoms. The Kier molecular flexibility index (Phi) is 5.00. The number of carbonyl (C=O) groups is 1. The standard InChI is InChI=1S/C22H15ClN6O3/c23-15-8-4-9-16(12-15)24-18(30)13-29-22(31)28-11-5-10-17(20(28)26-29)21-25-19(27-32-21)14-6-2-1-3-7-14/h1-12H,13H2,(H,24,30). The molecule has 0 fully saturated rings. The van der Waals surface area contributed by atoms with Crippen molar-refractivity contribution in [3.63, 3.8) is 0 Å². The molecule has 0 saturated heterocycles. The van der Waals surface area contributed by atoms with Gasteiger partial charge in [0.15, 0.2) is 5.65 Å². The molecule has 0 aliphatic heterocycles. The highest BCUT2D eigenvalue weighted by molar-refractivity contribution is 6.30. The minimum absolute atomic E-state index is 0.218. The van der Waals surface area contributed by atoms with Crippen molar-refractivity contribution >= 4 is 28.8 Å². The summed E-state index contributed by atoms with van der Waals surface area (Å²) in [5, 5.41) is 11.5. The Morgan fingerprint density at radius 2 is 1.91 bits per heavy atom. The van der Waals surface area contributed by atoms with Crippen molar-refractivity contribution < 1.29 is 9.32 Å². The van der Waals surface area contributed by atoms with Gasteiger partial charge in [-0.15, -0.1) is 5.10 Å². The zero-order valence-corrected chi connectivity index (χ0v) is 17.2. The summed E-state index contributed by atoms with van der Waals surface area (Å²) in [6, 6.07) is 19.5. The van der Waals surface area contributed by atoms with Gasteiger partial charge < -0.3 is 9.84 Å². The molecule has 5 aromatic rings. The van der Waals surface area contributed by atoms with E-state index >= 15 is 0 Å². The lowest BCUT2D eigenvalue weighted by atomic mass is 10.2. The number of pyridine rings is 1. The van der Waals surface area contributed by atoms with Crippen LogP contribution in [0.2, 0.25) is 5.02 Å². The third-order valence-electron chi connectivity index (χ3n) is 4.70. The molecule has 3 heterocycles. The molecule has 0 unspecified atom stereocenters. The van der Waals surface area contributed by atoms with Gasteiger partial charge in [0, 0.05) is 22.5 Å². The molecule has 158 valence electrons. The number of hydrogen-bond donors (Lipinski definition) is 1. The quantitative estimate of drug-likeness (QED) is 0.442. The topological polar surface area (TPSA) is 107 Å². The fourth-order valence-electron chi connectivity index (χ4n) is 3.25. The maximum atomic E-state index is 12.8. The molecule has 32 heavy (non-hydrogen) atoms. The normalized spacial score (nSPS) is 11.0. The second kappa shape index (κ2) is 8.12. The van der Waals surface area contributed by atoms with E-state index in [1.54, 1.807) is 42.6 Å². The first-order valence-electron chi connectivity index (χ1n) is 9.61. The molecule has 0 bridgehead atoms. The van der Waals surface area contributed by atoms with E-state index in [0.717, 1.165) is 10.2 Å². The summed E-state index contributed by atoms with van der Waals surface area (Å²) in [5.41, 5.74) is 1.64. The van der Waals surface area contributed by atoms with Crippen LogP contribution >= 0.6 is 11.6 Å². The first-order chi connectivity index (χ1) is 15.6. The molecule has 0 aliphatic carbocycles. The Bertz CT molecular complexity index is 1490. The summed E-state index contributed by atoms with van der Waals surface area (Å²) in [4.78, 5) is 29.6. The molecule has 5 rings (SSSR count). The number of fused-ring (bicyclic) bond motifs is 1. The Balaban J connectivity index is 1.46. The zero-order chi connectivity index (χ0) is 22.1. The molecule has 1 N–H and O–H groups in total. The summed E-state index contributed by atoms with van der Waals surface area (Å²) < 4.78 is 7.82. The second-order valence-corrected chi connectivity index (χ2v) is 7.34. The van der Waals surface area contributed by atoms with Crippen LogP contribution in [0, 0.1) is 0 Å². The molecule has 1 amide bonds. The molecule has 0 atom stereocenters. The molecular formula is C22H15ClN6O3. The minimum atomic E-state index is -0.467. The van der Waals surface area contributed by atoms with E-state index in [1.807, 2.05) is 30.3 Å². The maximum absolute atomic E-state index is 12.8. The lowest BCUT2D eigenvalue weighted by Crippen LogP contribution is -2.28. The van der Waals surface area contributed by atoms with Crippen LogP contribution in [0.5, 0.6) is 0 Å².